The van der Waals surface area contributed by atoms with Gasteiger partial charge in [0, 0.05) is 45.0 Å². The zero-order chi connectivity index (χ0) is 18.7. The van der Waals surface area contributed by atoms with E-state index in [1.807, 2.05) is 6.07 Å². The lowest BCUT2D eigenvalue weighted by molar-refractivity contribution is 0.0848. The average molecular weight is 376 g/mol. The van der Waals surface area contributed by atoms with Gasteiger partial charge in [0.15, 0.2) is 0 Å². The maximum atomic E-state index is 12.4. The summed E-state index contributed by atoms with van der Waals surface area (Å²) in [5, 5.41) is 1.00. The van der Waals surface area contributed by atoms with Crippen molar-refractivity contribution >= 4 is 19.0 Å². The Labute approximate surface area is 157 Å². The quantitative estimate of drug-likeness (QED) is 0.590. The molecule has 5 nitrogen and oxygen atoms in total. The molecule has 3 heterocycles. The molecule has 0 aromatic carbocycles. The third-order valence-corrected chi connectivity index (χ3v) is 6.95. The highest BCUT2D eigenvalue weighted by Crippen LogP contribution is 2.22. The predicted molar refractivity (Wildman–Crippen MR) is 110 cm³/mol. The summed E-state index contributed by atoms with van der Waals surface area (Å²) in [5.41, 5.74) is 1.88. The summed E-state index contributed by atoms with van der Waals surface area (Å²) in [6.45, 7) is 13.8. The first kappa shape index (κ1) is 19.4. The van der Waals surface area contributed by atoms with E-state index in [9.17, 15) is 4.79 Å². The Morgan fingerprint density at radius 3 is 2.88 bits per heavy atom. The van der Waals surface area contributed by atoms with Gasteiger partial charge < -0.3 is 14.3 Å². The Balaban J connectivity index is 1.80. The Morgan fingerprint density at radius 1 is 1.35 bits per heavy atom. The van der Waals surface area contributed by atoms with E-state index < -0.39 is 8.07 Å². The summed E-state index contributed by atoms with van der Waals surface area (Å²) in [6.07, 6.45) is 4.31. The van der Waals surface area contributed by atoms with Gasteiger partial charge in [-0.25, -0.2) is 0 Å². The third-order valence-electron chi connectivity index (χ3n) is 5.25. The molecule has 1 aliphatic rings. The predicted octanol–water partition coefficient (Wildman–Crippen LogP) is 3.87. The van der Waals surface area contributed by atoms with Crippen molar-refractivity contribution in [3.63, 3.8) is 0 Å². The van der Waals surface area contributed by atoms with Crippen LogP contribution in [0.1, 0.15) is 25.5 Å². The molecule has 2 aromatic rings. The van der Waals surface area contributed by atoms with Crippen molar-refractivity contribution in [1.82, 2.24) is 14.5 Å². The number of ether oxygens (including phenoxy) is 1. The van der Waals surface area contributed by atoms with E-state index in [0.29, 0.717) is 6.73 Å². The molecule has 0 bridgehead atoms. The fraction of sp³-hybridized carbons (Fsp3) is 0.650. The Kier molecular flexibility index (Phi) is 6.05. The molecule has 0 spiro atoms. The highest BCUT2D eigenvalue weighted by molar-refractivity contribution is 6.76. The lowest BCUT2D eigenvalue weighted by atomic mass is 10.0. The van der Waals surface area contributed by atoms with Crippen molar-refractivity contribution in [2.75, 3.05) is 19.7 Å². The monoisotopic (exact) mass is 375 g/mol. The summed E-state index contributed by atoms with van der Waals surface area (Å²) in [7, 11) is -1.11. The molecule has 0 unspecified atom stereocenters. The van der Waals surface area contributed by atoms with E-state index in [-0.39, 0.29) is 5.56 Å². The molecule has 0 saturated carbocycles. The van der Waals surface area contributed by atoms with Crippen LogP contribution in [0.5, 0.6) is 0 Å². The van der Waals surface area contributed by atoms with Crippen molar-refractivity contribution in [3.8, 4) is 0 Å². The fourth-order valence-corrected chi connectivity index (χ4v) is 4.51. The van der Waals surface area contributed by atoms with Crippen LogP contribution in [0.3, 0.4) is 0 Å². The summed E-state index contributed by atoms with van der Waals surface area (Å²) < 4.78 is 8.08. The number of nitrogens with one attached hydrogen (secondary N) is 1. The number of pyridine rings is 1. The molecule has 0 aliphatic carbocycles. The van der Waals surface area contributed by atoms with Crippen molar-refractivity contribution in [1.29, 1.82) is 0 Å². The normalized spacial score (nSPS) is 19.3. The number of hydrogen-bond donors (Lipinski definition) is 1. The highest BCUT2D eigenvalue weighted by atomic mass is 28.3. The van der Waals surface area contributed by atoms with Crippen molar-refractivity contribution < 1.29 is 4.74 Å². The van der Waals surface area contributed by atoms with Crippen LogP contribution in [-0.4, -0.2) is 42.2 Å². The number of likely N-dealkylation sites (tertiary alicyclic amines) is 1. The number of H-pyrrole nitrogens is 1. The van der Waals surface area contributed by atoms with Crippen LogP contribution in [0.15, 0.2) is 23.1 Å². The van der Waals surface area contributed by atoms with Gasteiger partial charge in [-0.05, 0) is 43.5 Å². The smallest absolute Gasteiger partial charge is 0.272 e. The third kappa shape index (κ3) is 4.87. The molecule has 1 saturated heterocycles. The van der Waals surface area contributed by atoms with Gasteiger partial charge in [-0.3, -0.25) is 9.69 Å². The molecule has 1 N–H and O–H groups in total. The van der Waals surface area contributed by atoms with E-state index in [0.717, 1.165) is 49.1 Å². The van der Waals surface area contributed by atoms with E-state index in [2.05, 4.69) is 47.1 Å². The summed E-state index contributed by atoms with van der Waals surface area (Å²) in [5.74, 6) is 0.748. The maximum Gasteiger partial charge on any atom is 0.272 e. The zero-order valence-corrected chi connectivity index (χ0v) is 17.7. The Morgan fingerprint density at radius 2 is 2.15 bits per heavy atom. The van der Waals surface area contributed by atoms with Gasteiger partial charge in [0.1, 0.15) is 12.2 Å². The number of fused-ring (bicyclic) bond motifs is 1. The van der Waals surface area contributed by atoms with Gasteiger partial charge in [0.2, 0.25) is 0 Å². The minimum absolute atomic E-state index is 0.0328. The van der Waals surface area contributed by atoms with E-state index in [1.165, 1.54) is 18.5 Å². The van der Waals surface area contributed by atoms with Crippen molar-refractivity contribution in [3.05, 3.63) is 34.4 Å². The first-order valence-electron chi connectivity index (χ1n) is 9.83. The standard InChI is InChI=1S/C20H33N3O2Si/c1-16-6-5-9-22(13-16)14-18-12-17-7-8-21-20(24)19(17)23(18)15-25-10-11-26(2,3)4/h7-8,12,16H,5-6,9-11,13-15H2,1-4H3,(H,21,24)/t16-/m0/s1. The van der Waals surface area contributed by atoms with Gasteiger partial charge in [-0.1, -0.05) is 26.6 Å². The molecule has 3 rings (SSSR count). The first-order chi connectivity index (χ1) is 12.3. The van der Waals surface area contributed by atoms with Crippen LogP contribution in [0.2, 0.25) is 25.7 Å². The van der Waals surface area contributed by atoms with Crippen LogP contribution in [0.4, 0.5) is 0 Å². The van der Waals surface area contributed by atoms with Crippen molar-refractivity contribution in [2.24, 2.45) is 5.92 Å². The summed E-state index contributed by atoms with van der Waals surface area (Å²) >= 11 is 0. The molecular weight excluding hydrogens is 342 g/mol. The minimum atomic E-state index is -1.11. The largest absolute Gasteiger partial charge is 0.361 e. The molecule has 2 aromatic heterocycles. The highest BCUT2D eigenvalue weighted by Gasteiger charge is 2.20. The number of rotatable bonds is 7. The van der Waals surface area contributed by atoms with Gasteiger partial charge in [-0.2, -0.15) is 0 Å². The summed E-state index contributed by atoms with van der Waals surface area (Å²) in [4.78, 5) is 17.7. The van der Waals surface area contributed by atoms with Gasteiger partial charge in [-0.15, -0.1) is 0 Å². The number of nitrogens with zero attached hydrogens (tertiary/aromatic N) is 2. The second kappa shape index (κ2) is 8.11. The van der Waals surface area contributed by atoms with E-state index in [1.54, 1.807) is 6.20 Å². The van der Waals surface area contributed by atoms with Gasteiger partial charge in [0.05, 0.1) is 0 Å². The number of aromatic amines is 1. The lowest BCUT2D eigenvalue weighted by Crippen LogP contribution is -2.34. The van der Waals surface area contributed by atoms with Crippen LogP contribution in [0.25, 0.3) is 10.9 Å². The fourth-order valence-electron chi connectivity index (χ4n) is 3.75. The minimum Gasteiger partial charge on any atom is -0.361 e. The molecule has 26 heavy (non-hydrogen) atoms. The SMILES string of the molecule is C[C@H]1CCCN(Cc2cc3cc[nH]c(=O)c3n2COCC[Si](C)(C)C)C1. The molecule has 6 heteroatoms. The molecule has 0 radical (unpaired) electrons. The lowest BCUT2D eigenvalue weighted by Gasteiger charge is -2.31. The number of hydrogen-bond acceptors (Lipinski definition) is 3. The van der Waals surface area contributed by atoms with Crippen LogP contribution in [0, 0.1) is 5.92 Å². The van der Waals surface area contributed by atoms with Crippen molar-refractivity contribution in [2.45, 2.75) is 58.7 Å². The van der Waals surface area contributed by atoms with Crippen LogP contribution >= 0.6 is 0 Å². The van der Waals surface area contributed by atoms with Crippen LogP contribution < -0.4 is 5.56 Å². The molecule has 1 atom stereocenters. The molecule has 0 amide bonds. The summed E-state index contributed by atoms with van der Waals surface area (Å²) in [6, 6.07) is 5.28. The molecule has 144 valence electrons. The van der Waals surface area contributed by atoms with E-state index >= 15 is 0 Å². The Hall–Kier alpha value is -1.37. The van der Waals surface area contributed by atoms with E-state index in [4.69, 9.17) is 4.74 Å². The second-order valence-electron chi connectivity index (χ2n) is 9.00. The average Bonchev–Trinajstić information content (AvgIpc) is 2.89. The Bertz CT molecular complexity index is 790. The number of piperidine rings is 1. The van der Waals surface area contributed by atoms with Crippen LogP contribution in [-0.2, 0) is 18.0 Å². The first-order valence-corrected chi connectivity index (χ1v) is 13.5. The second-order valence-corrected chi connectivity index (χ2v) is 14.6. The molecular formula is C20H33N3O2Si. The maximum absolute atomic E-state index is 12.4. The van der Waals surface area contributed by atoms with Gasteiger partial charge >= 0.3 is 0 Å². The molecule has 1 aliphatic heterocycles. The molecule has 1 fully saturated rings. The zero-order valence-electron chi connectivity index (χ0n) is 16.7. The number of aromatic nitrogens is 2. The topological polar surface area (TPSA) is 50.3 Å². The van der Waals surface area contributed by atoms with Gasteiger partial charge in [0.25, 0.3) is 5.56 Å².